The summed E-state index contributed by atoms with van der Waals surface area (Å²) in [6.07, 6.45) is 7.88. The van der Waals surface area contributed by atoms with Gasteiger partial charge in [-0.1, -0.05) is 24.4 Å². The van der Waals surface area contributed by atoms with E-state index in [0.717, 1.165) is 31.5 Å². The fraction of sp³-hybridized carbons (Fsp3) is 0.727. The smallest absolute Gasteiger partial charge is 0.243 e. The zero-order valence-electron chi connectivity index (χ0n) is 18.1. The van der Waals surface area contributed by atoms with Crippen molar-refractivity contribution in [3.8, 4) is 0 Å². The number of hydrogen-bond donors (Lipinski definition) is 2. The van der Waals surface area contributed by atoms with Crippen molar-refractivity contribution in [2.75, 3.05) is 25.0 Å². The summed E-state index contributed by atoms with van der Waals surface area (Å²) in [6, 6.07) is 7.95. The summed E-state index contributed by atoms with van der Waals surface area (Å²) in [5.74, 6) is 0.648. The molecule has 2 aliphatic rings. The zero-order chi connectivity index (χ0) is 20.9. The fourth-order valence-corrected chi connectivity index (χ4v) is 6.35. The van der Waals surface area contributed by atoms with Crippen LogP contribution in [0.1, 0.15) is 65.7 Å². The lowest BCUT2D eigenvalue weighted by Gasteiger charge is -2.31. The minimum atomic E-state index is -3.37. The van der Waals surface area contributed by atoms with Crippen LogP contribution in [0.4, 0.5) is 5.69 Å². The van der Waals surface area contributed by atoms with Crippen molar-refractivity contribution in [2.45, 2.75) is 81.4 Å². The highest BCUT2D eigenvalue weighted by Gasteiger charge is 2.26. The molecule has 0 unspecified atom stereocenters. The van der Waals surface area contributed by atoms with Crippen LogP contribution in [0.15, 0.2) is 29.2 Å². The monoisotopic (exact) mass is 439 g/mol. The zero-order valence-corrected chi connectivity index (χ0v) is 19.7. The van der Waals surface area contributed by atoms with Crippen molar-refractivity contribution in [3.05, 3.63) is 24.3 Å². The maximum atomic E-state index is 12.9. The predicted molar refractivity (Wildman–Crippen MR) is 124 cm³/mol. The number of anilines is 1. The highest BCUT2D eigenvalue weighted by Crippen LogP contribution is 2.29. The van der Waals surface area contributed by atoms with Crippen molar-refractivity contribution in [3.63, 3.8) is 0 Å². The number of sulfonamides is 1. The summed E-state index contributed by atoms with van der Waals surface area (Å²) in [4.78, 5) is 0.413. The van der Waals surface area contributed by atoms with Crippen molar-refractivity contribution in [1.29, 1.82) is 0 Å². The third-order valence-electron chi connectivity index (χ3n) is 5.76. The largest absolute Gasteiger partial charge is 0.385 e. The highest BCUT2D eigenvalue weighted by molar-refractivity contribution is 7.98. The predicted octanol–water partition coefficient (Wildman–Crippen LogP) is 4.87. The molecule has 0 amide bonds. The molecule has 3 rings (SSSR count). The molecule has 7 heteroatoms. The van der Waals surface area contributed by atoms with E-state index in [0.29, 0.717) is 29.9 Å². The number of benzene rings is 1. The molecule has 1 aliphatic carbocycles. The average Bonchev–Trinajstić information content (AvgIpc) is 2.72. The Kier molecular flexibility index (Phi) is 7.93. The molecule has 0 radical (unpaired) electrons. The lowest BCUT2D eigenvalue weighted by Crippen LogP contribution is -2.35. The lowest BCUT2D eigenvalue weighted by atomic mass is 9.86. The summed E-state index contributed by atoms with van der Waals surface area (Å²) in [5.41, 5.74) is 0.909. The van der Waals surface area contributed by atoms with Gasteiger partial charge in [0.2, 0.25) is 10.0 Å². The van der Waals surface area contributed by atoms with Crippen LogP contribution < -0.4 is 10.0 Å². The number of rotatable bonds is 7. The molecule has 2 fully saturated rings. The Morgan fingerprint density at radius 2 is 1.76 bits per heavy atom. The Balaban J connectivity index is 1.49. The van der Waals surface area contributed by atoms with Gasteiger partial charge < -0.3 is 5.32 Å². The standard InChI is InChI=1S/C22H37N3O2S2/c1-22(2,3)28-24-19-12-10-18(11-13-19)17-23-20-8-7-9-21(16-20)29(26,27)25-14-5-4-6-15-25/h7-9,16,18-19,23-24H,4-6,10-15,17H2,1-3H3. The molecular formula is C22H37N3O2S2. The van der Waals surface area contributed by atoms with Gasteiger partial charge in [-0.3, -0.25) is 4.72 Å². The van der Waals surface area contributed by atoms with Gasteiger partial charge in [0.05, 0.1) is 4.90 Å². The summed E-state index contributed by atoms with van der Waals surface area (Å²) in [5, 5.41) is 3.49. The minimum absolute atomic E-state index is 0.248. The van der Waals surface area contributed by atoms with Gasteiger partial charge in [-0.2, -0.15) is 4.31 Å². The topological polar surface area (TPSA) is 61.4 Å². The molecule has 29 heavy (non-hydrogen) atoms. The van der Waals surface area contributed by atoms with Crippen LogP contribution in [0, 0.1) is 5.92 Å². The van der Waals surface area contributed by atoms with Gasteiger partial charge in [-0.15, -0.1) is 0 Å². The highest BCUT2D eigenvalue weighted by atomic mass is 32.2. The molecule has 1 saturated heterocycles. The number of hydrogen-bond acceptors (Lipinski definition) is 5. The molecule has 164 valence electrons. The molecule has 1 heterocycles. The van der Waals surface area contributed by atoms with Crippen molar-refractivity contribution < 1.29 is 8.42 Å². The molecule has 0 spiro atoms. The van der Waals surface area contributed by atoms with Crippen LogP contribution >= 0.6 is 11.9 Å². The normalized spacial score (nSPS) is 24.4. The lowest BCUT2D eigenvalue weighted by molar-refractivity contribution is 0.328. The summed E-state index contributed by atoms with van der Waals surface area (Å²) >= 11 is 1.84. The first-order valence-electron chi connectivity index (χ1n) is 11.0. The van der Waals surface area contributed by atoms with Crippen LogP contribution in [-0.4, -0.2) is 43.1 Å². The van der Waals surface area contributed by atoms with E-state index in [1.165, 1.54) is 25.7 Å². The Morgan fingerprint density at radius 3 is 2.41 bits per heavy atom. The first-order chi connectivity index (χ1) is 13.7. The Hall–Kier alpha value is -0.760. The molecule has 0 bridgehead atoms. The van der Waals surface area contributed by atoms with E-state index in [2.05, 4.69) is 30.8 Å². The van der Waals surface area contributed by atoms with Crippen LogP contribution in [0.2, 0.25) is 0 Å². The van der Waals surface area contributed by atoms with E-state index in [1.54, 1.807) is 16.4 Å². The second-order valence-corrected chi connectivity index (χ2v) is 13.0. The Bertz CT molecular complexity index is 748. The van der Waals surface area contributed by atoms with Crippen LogP contribution in [-0.2, 0) is 10.0 Å². The second kappa shape index (κ2) is 10.0. The molecule has 1 aromatic rings. The molecular weight excluding hydrogens is 402 g/mol. The van der Waals surface area contributed by atoms with Crippen molar-refractivity contribution in [1.82, 2.24) is 9.03 Å². The molecule has 5 nitrogen and oxygen atoms in total. The number of piperidine rings is 1. The first-order valence-corrected chi connectivity index (χ1v) is 13.3. The fourth-order valence-electron chi connectivity index (χ4n) is 4.03. The van der Waals surface area contributed by atoms with Gasteiger partial charge in [-0.25, -0.2) is 8.42 Å². The summed E-state index contributed by atoms with van der Waals surface area (Å²) in [7, 11) is -3.37. The van der Waals surface area contributed by atoms with Crippen LogP contribution in [0.5, 0.6) is 0 Å². The van der Waals surface area contributed by atoms with E-state index in [4.69, 9.17) is 0 Å². The molecule has 0 atom stereocenters. The molecule has 0 aromatic heterocycles. The molecule has 1 aliphatic heterocycles. The van der Waals surface area contributed by atoms with E-state index >= 15 is 0 Å². The van der Waals surface area contributed by atoms with Gasteiger partial charge in [0, 0.05) is 36.1 Å². The van der Waals surface area contributed by atoms with Crippen molar-refractivity contribution >= 4 is 27.7 Å². The third-order valence-corrected chi connectivity index (χ3v) is 8.72. The van der Waals surface area contributed by atoms with Crippen molar-refractivity contribution in [2.24, 2.45) is 5.92 Å². The van der Waals surface area contributed by atoms with E-state index in [-0.39, 0.29) is 4.75 Å². The summed E-state index contributed by atoms with van der Waals surface area (Å²) < 4.78 is 31.3. The van der Waals surface area contributed by atoms with E-state index in [9.17, 15) is 8.42 Å². The molecule has 1 saturated carbocycles. The van der Waals surface area contributed by atoms with Gasteiger partial charge in [0.25, 0.3) is 0 Å². The van der Waals surface area contributed by atoms with Crippen LogP contribution in [0.25, 0.3) is 0 Å². The maximum absolute atomic E-state index is 12.9. The quantitative estimate of drug-likeness (QED) is 0.594. The van der Waals surface area contributed by atoms with E-state index < -0.39 is 10.0 Å². The van der Waals surface area contributed by atoms with Gasteiger partial charge in [0.15, 0.2) is 0 Å². The Labute approximate surface area is 181 Å². The molecule has 2 N–H and O–H groups in total. The van der Waals surface area contributed by atoms with Gasteiger partial charge in [0.1, 0.15) is 0 Å². The second-order valence-electron chi connectivity index (χ2n) is 9.42. The third kappa shape index (κ3) is 6.88. The van der Waals surface area contributed by atoms with Crippen LogP contribution in [0.3, 0.4) is 0 Å². The van der Waals surface area contributed by atoms with Gasteiger partial charge >= 0.3 is 0 Å². The average molecular weight is 440 g/mol. The Morgan fingerprint density at radius 1 is 1.07 bits per heavy atom. The van der Waals surface area contributed by atoms with E-state index in [1.807, 2.05) is 24.1 Å². The van der Waals surface area contributed by atoms with Gasteiger partial charge in [-0.05, 0) is 83.4 Å². The maximum Gasteiger partial charge on any atom is 0.243 e. The summed E-state index contributed by atoms with van der Waals surface area (Å²) in [6.45, 7) is 8.90. The minimum Gasteiger partial charge on any atom is -0.385 e. The first kappa shape index (κ1) is 22.9. The SMILES string of the molecule is CC(C)(C)SNC1CCC(CNc2cccc(S(=O)(=O)N3CCCCC3)c2)CC1. The number of nitrogens with zero attached hydrogens (tertiary/aromatic N) is 1. The molecule has 1 aromatic carbocycles. The number of nitrogens with one attached hydrogen (secondary N) is 2.